The molecule has 0 radical (unpaired) electrons. The second kappa shape index (κ2) is 5.35. The predicted octanol–water partition coefficient (Wildman–Crippen LogP) is 2.63. The van der Waals surface area contributed by atoms with E-state index < -0.39 is 0 Å². The van der Waals surface area contributed by atoms with Crippen LogP contribution in [-0.2, 0) is 0 Å². The first kappa shape index (κ1) is 12.7. The second-order valence-electron chi connectivity index (χ2n) is 5.38. The van der Waals surface area contributed by atoms with E-state index in [1.54, 1.807) is 11.3 Å². The minimum atomic E-state index is 0.712. The molecule has 0 aliphatic carbocycles. The van der Waals surface area contributed by atoms with Gasteiger partial charge < -0.3 is 16.0 Å². The standard InChI is InChI=1S/C14H20N4S/c1-18-6-2-3-10(8-18)7-16-11-4-5-12-14(13(11)15)17-9-19-12/h4-5,9-10,16H,2-3,6-8,15H2,1H3. The van der Waals surface area contributed by atoms with Gasteiger partial charge in [-0.2, -0.15) is 0 Å². The van der Waals surface area contributed by atoms with Crippen LogP contribution in [0.1, 0.15) is 12.8 Å². The van der Waals surface area contributed by atoms with Crippen LogP contribution in [0.5, 0.6) is 0 Å². The summed E-state index contributed by atoms with van der Waals surface area (Å²) in [5.74, 6) is 0.712. The van der Waals surface area contributed by atoms with Gasteiger partial charge in [-0.25, -0.2) is 4.98 Å². The lowest BCUT2D eigenvalue weighted by Gasteiger charge is -2.30. The second-order valence-corrected chi connectivity index (χ2v) is 6.26. The van der Waals surface area contributed by atoms with Crippen LogP contribution < -0.4 is 11.1 Å². The highest BCUT2D eigenvalue weighted by atomic mass is 32.1. The smallest absolute Gasteiger partial charge is 0.106 e. The fraction of sp³-hybridized carbons (Fsp3) is 0.500. The van der Waals surface area contributed by atoms with Gasteiger partial charge in [-0.3, -0.25) is 0 Å². The topological polar surface area (TPSA) is 54.2 Å². The number of anilines is 2. The van der Waals surface area contributed by atoms with Crippen molar-refractivity contribution in [2.75, 3.05) is 37.7 Å². The maximum Gasteiger partial charge on any atom is 0.106 e. The molecule has 2 heterocycles. The first-order valence-electron chi connectivity index (χ1n) is 6.78. The summed E-state index contributed by atoms with van der Waals surface area (Å²) in [6.45, 7) is 3.39. The number of thiazole rings is 1. The fourth-order valence-corrected chi connectivity index (χ4v) is 3.49. The summed E-state index contributed by atoms with van der Waals surface area (Å²) in [6.07, 6.45) is 2.60. The van der Waals surface area contributed by atoms with Gasteiger partial charge in [-0.1, -0.05) is 0 Å². The van der Waals surface area contributed by atoms with Gasteiger partial charge >= 0.3 is 0 Å². The number of likely N-dealkylation sites (tertiary alicyclic amines) is 1. The summed E-state index contributed by atoms with van der Waals surface area (Å²) in [4.78, 5) is 6.74. The molecule has 19 heavy (non-hydrogen) atoms. The van der Waals surface area contributed by atoms with Crippen molar-refractivity contribution >= 4 is 32.9 Å². The zero-order valence-electron chi connectivity index (χ0n) is 11.2. The average Bonchev–Trinajstić information content (AvgIpc) is 2.87. The van der Waals surface area contributed by atoms with Crippen molar-refractivity contribution in [1.29, 1.82) is 0 Å². The molecule has 0 amide bonds. The molecule has 1 aliphatic heterocycles. The highest BCUT2D eigenvalue weighted by molar-refractivity contribution is 7.16. The van der Waals surface area contributed by atoms with E-state index in [1.807, 2.05) is 5.51 Å². The molecule has 4 nitrogen and oxygen atoms in total. The molecule has 1 saturated heterocycles. The molecule has 1 atom stereocenters. The van der Waals surface area contributed by atoms with E-state index in [1.165, 1.54) is 25.9 Å². The van der Waals surface area contributed by atoms with Crippen LogP contribution in [0.25, 0.3) is 10.2 Å². The molecule has 2 aromatic rings. The van der Waals surface area contributed by atoms with Crippen molar-refractivity contribution in [3.8, 4) is 0 Å². The summed E-state index contributed by atoms with van der Waals surface area (Å²) >= 11 is 1.63. The van der Waals surface area contributed by atoms with Crippen LogP contribution in [0, 0.1) is 5.92 Å². The normalized spacial score (nSPS) is 20.8. The Morgan fingerprint density at radius 1 is 1.53 bits per heavy atom. The van der Waals surface area contributed by atoms with Crippen LogP contribution >= 0.6 is 11.3 Å². The van der Waals surface area contributed by atoms with Gasteiger partial charge in [-0.15, -0.1) is 11.3 Å². The average molecular weight is 276 g/mol. The van der Waals surface area contributed by atoms with Crippen molar-refractivity contribution in [2.45, 2.75) is 12.8 Å². The molecular formula is C14H20N4S. The Balaban J connectivity index is 1.69. The minimum absolute atomic E-state index is 0.712. The summed E-state index contributed by atoms with van der Waals surface area (Å²) in [7, 11) is 2.20. The highest BCUT2D eigenvalue weighted by Gasteiger charge is 2.17. The number of piperidine rings is 1. The third-order valence-corrected chi connectivity index (χ3v) is 4.64. The molecule has 0 bridgehead atoms. The molecule has 3 rings (SSSR count). The number of nitrogens with zero attached hydrogens (tertiary/aromatic N) is 2. The maximum atomic E-state index is 6.18. The Labute approximate surface area is 117 Å². The number of aromatic nitrogens is 1. The lowest BCUT2D eigenvalue weighted by Crippen LogP contribution is -2.35. The van der Waals surface area contributed by atoms with E-state index in [-0.39, 0.29) is 0 Å². The van der Waals surface area contributed by atoms with E-state index in [0.29, 0.717) is 5.92 Å². The largest absolute Gasteiger partial charge is 0.395 e. The van der Waals surface area contributed by atoms with Gasteiger partial charge in [0, 0.05) is 13.1 Å². The number of hydrogen-bond acceptors (Lipinski definition) is 5. The molecule has 1 fully saturated rings. The van der Waals surface area contributed by atoms with Gasteiger partial charge in [0.15, 0.2) is 0 Å². The van der Waals surface area contributed by atoms with Gasteiger partial charge in [0.2, 0.25) is 0 Å². The minimum Gasteiger partial charge on any atom is -0.395 e. The third kappa shape index (κ3) is 2.67. The van der Waals surface area contributed by atoms with Crippen LogP contribution in [0.3, 0.4) is 0 Å². The third-order valence-electron chi connectivity index (χ3n) is 3.84. The van der Waals surface area contributed by atoms with Gasteiger partial charge in [0.1, 0.15) is 5.52 Å². The summed E-state index contributed by atoms with van der Waals surface area (Å²) in [6, 6.07) is 4.17. The zero-order valence-corrected chi connectivity index (χ0v) is 12.0. The quantitative estimate of drug-likeness (QED) is 0.846. The number of nitrogen functional groups attached to an aromatic ring is 1. The summed E-state index contributed by atoms with van der Waals surface area (Å²) < 4.78 is 1.15. The number of benzene rings is 1. The Morgan fingerprint density at radius 3 is 3.26 bits per heavy atom. The zero-order chi connectivity index (χ0) is 13.2. The molecule has 0 spiro atoms. The molecule has 1 aromatic heterocycles. The maximum absolute atomic E-state index is 6.18. The molecular weight excluding hydrogens is 256 g/mol. The molecule has 1 aromatic carbocycles. The van der Waals surface area contributed by atoms with Crippen molar-refractivity contribution in [2.24, 2.45) is 5.92 Å². The molecule has 3 N–H and O–H groups in total. The molecule has 0 saturated carbocycles. The predicted molar refractivity (Wildman–Crippen MR) is 82.7 cm³/mol. The Morgan fingerprint density at radius 2 is 2.42 bits per heavy atom. The van der Waals surface area contributed by atoms with Crippen LogP contribution in [0.15, 0.2) is 17.6 Å². The van der Waals surface area contributed by atoms with Gasteiger partial charge in [0.05, 0.1) is 21.6 Å². The molecule has 102 valence electrons. The lowest BCUT2D eigenvalue weighted by molar-refractivity contribution is 0.217. The highest BCUT2D eigenvalue weighted by Crippen LogP contribution is 2.30. The number of rotatable bonds is 3. The monoisotopic (exact) mass is 276 g/mol. The van der Waals surface area contributed by atoms with E-state index in [4.69, 9.17) is 5.73 Å². The van der Waals surface area contributed by atoms with Crippen molar-refractivity contribution < 1.29 is 0 Å². The van der Waals surface area contributed by atoms with Crippen molar-refractivity contribution in [3.63, 3.8) is 0 Å². The van der Waals surface area contributed by atoms with E-state index in [0.717, 1.165) is 28.1 Å². The lowest BCUT2D eigenvalue weighted by atomic mass is 9.98. The van der Waals surface area contributed by atoms with Gasteiger partial charge in [-0.05, 0) is 44.5 Å². The van der Waals surface area contributed by atoms with Crippen LogP contribution in [0.2, 0.25) is 0 Å². The van der Waals surface area contributed by atoms with E-state index in [9.17, 15) is 0 Å². The van der Waals surface area contributed by atoms with E-state index in [2.05, 4.69) is 34.4 Å². The number of hydrogen-bond donors (Lipinski definition) is 2. The molecule has 5 heteroatoms. The molecule has 1 aliphatic rings. The number of fused-ring (bicyclic) bond motifs is 1. The van der Waals surface area contributed by atoms with Crippen LogP contribution in [0.4, 0.5) is 11.4 Å². The summed E-state index contributed by atoms with van der Waals surface area (Å²) in [5.41, 5.74) is 10.8. The fourth-order valence-electron chi connectivity index (χ4n) is 2.80. The SMILES string of the molecule is CN1CCCC(CNc2ccc3scnc3c2N)C1. The van der Waals surface area contributed by atoms with Crippen molar-refractivity contribution in [3.05, 3.63) is 17.6 Å². The Kier molecular flexibility index (Phi) is 3.57. The summed E-state index contributed by atoms with van der Waals surface area (Å²) in [5, 5.41) is 3.50. The van der Waals surface area contributed by atoms with Gasteiger partial charge in [0.25, 0.3) is 0 Å². The Bertz CT molecular complexity index is 566. The molecule has 1 unspecified atom stereocenters. The number of nitrogens with one attached hydrogen (secondary N) is 1. The first-order valence-corrected chi connectivity index (χ1v) is 7.66. The van der Waals surface area contributed by atoms with E-state index >= 15 is 0 Å². The Hall–Kier alpha value is -1.33. The first-order chi connectivity index (χ1) is 9.24. The van der Waals surface area contributed by atoms with Crippen molar-refractivity contribution in [1.82, 2.24) is 9.88 Å². The number of nitrogens with two attached hydrogens (primary N) is 1. The van der Waals surface area contributed by atoms with Crippen LogP contribution in [-0.4, -0.2) is 36.6 Å².